The van der Waals surface area contributed by atoms with Gasteiger partial charge in [-0.1, -0.05) is 44.2 Å². The maximum absolute atomic E-state index is 11.7. The van der Waals surface area contributed by atoms with Gasteiger partial charge in [0.05, 0.1) is 6.04 Å². The number of rotatable bonds is 6. The zero-order valence-electron chi connectivity index (χ0n) is 11.5. The molecule has 0 aliphatic heterocycles. The highest BCUT2D eigenvalue weighted by atomic mass is 16.1. The van der Waals surface area contributed by atoms with Crippen molar-refractivity contribution >= 4 is 0 Å². The lowest BCUT2D eigenvalue weighted by Gasteiger charge is -2.30. The first kappa shape index (κ1) is 13.6. The highest BCUT2D eigenvalue weighted by Gasteiger charge is 2.18. The Labute approximate surface area is 113 Å². The average molecular weight is 259 g/mol. The van der Waals surface area contributed by atoms with Gasteiger partial charge in [-0.2, -0.15) is 0 Å². The van der Waals surface area contributed by atoms with E-state index in [1.54, 1.807) is 10.8 Å². The number of imidazole rings is 1. The molecule has 19 heavy (non-hydrogen) atoms. The van der Waals surface area contributed by atoms with E-state index in [0.717, 1.165) is 13.1 Å². The molecule has 0 saturated carbocycles. The number of aromatic amines is 1. The number of hydrogen-bond acceptors (Lipinski definition) is 2. The highest BCUT2D eigenvalue weighted by Crippen LogP contribution is 2.21. The van der Waals surface area contributed by atoms with E-state index in [4.69, 9.17) is 0 Å². The Kier molecular flexibility index (Phi) is 4.58. The smallest absolute Gasteiger partial charge is 0.313 e. The molecule has 1 heterocycles. The molecule has 1 atom stereocenters. The summed E-state index contributed by atoms with van der Waals surface area (Å²) < 4.78 is 1.73. The second-order valence-corrected chi connectivity index (χ2v) is 4.57. The van der Waals surface area contributed by atoms with Crippen LogP contribution in [0.4, 0.5) is 0 Å². The molecule has 4 nitrogen and oxygen atoms in total. The van der Waals surface area contributed by atoms with Crippen molar-refractivity contribution in [2.24, 2.45) is 0 Å². The van der Waals surface area contributed by atoms with Crippen molar-refractivity contribution in [3.63, 3.8) is 0 Å². The van der Waals surface area contributed by atoms with Crippen molar-refractivity contribution < 1.29 is 0 Å². The predicted molar refractivity (Wildman–Crippen MR) is 77.2 cm³/mol. The van der Waals surface area contributed by atoms with Crippen molar-refractivity contribution in [2.45, 2.75) is 26.4 Å². The molecule has 1 aromatic carbocycles. The lowest BCUT2D eigenvalue weighted by atomic mass is 10.1. The van der Waals surface area contributed by atoms with E-state index >= 15 is 0 Å². The molecule has 0 saturated heterocycles. The standard InChI is InChI=1S/C15H21N3O/c1-3-17(4-2)14(13-8-6-5-7-9-13)12-18-11-10-16-15(18)19/h5-11,14H,3-4,12H2,1-2H3,(H,16,19). The Morgan fingerprint density at radius 2 is 1.89 bits per heavy atom. The summed E-state index contributed by atoms with van der Waals surface area (Å²) in [5, 5.41) is 0. The van der Waals surface area contributed by atoms with Crippen molar-refractivity contribution in [2.75, 3.05) is 13.1 Å². The number of benzene rings is 1. The van der Waals surface area contributed by atoms with Gasteiger partial charge < -0.3 is 4.98 Å². The van der Waals surface area contributed by atoms with Crippen LogP contribution in [0.1, 0.15) is 25.5 Å². The van der Waals surface area contributed by atoms with Crippen LogP contribution in [0.3, 0.4) is 0 Å². The molecular weight excluding hydrogens is 238 g/mol. The van der Waals surface area contributed by atoms with Crippen LogP contribution in [-0.2, 0) is 6.54 Å². The number of likely N-dealkylation sites (N-methyl/N-ethyl adjacent to an activating group) is 1. The van der Waals surface area contributed by atoms with Gasteiger partial charge in [0.25, 0.3) is 0 Å². The summed E-state index contributed by atoms with van der Waals surface area (Å²) in [5.74, 6) is 0. The molecule has 0 aliphatic carbocycles. The molecule has 1 N–H and O–H groups in total. The van der Waals surface area contributed by atoms with Gasteiger partial charge in [0.15, 0.2) is 0 Å². The molecular formula is C15H21N3O. The first-order valence-corrected chi connectivity index (χ1v) is 6.79. The Hall–Kier alpha value is -1.81. The number of nitrogens with zero attached hydrogens (tertiary/aromatic N) is 2. The van der Waals surface area contributed by atoms with Gasteiger partial charge in [-0.15, -0.1) is 0 Å². The molecule has 1 aromatic heterocycles. The van der Waals surface area contributed by atoms with Crippen molar-refractivity contribution in [1.29, 1.82) is 0 Å². The first-order valence-electron chi connectivity index (χ1n) is 6.79. The summed E-state index contributed by atoms with van der Waals surface area (Å²) in [7, 11) is 0. The van der Waals surface area contributed by atoms with Gasteiger partial charge in [-0.25, -0.2) is 4.79 Å². The minimum Gasteiger partial charge on any atom is -0.313 e. The molecule has 0 aliphatic rings. The second kappa shape index (κ2) is 6.38. The Morgan fingerprint density at radius 3 is 2.42 bits per heavy atom. The summed E-state index contributed by atoms with van der Waals surface area (Å²) in [5.41, 5.74) is 1.20. The highest BCUT2D eigenvalue weighted by molar-refractivity contribution is 5.19. The molecule has 0 bridgehead atoms. The fourth-order valence-electron chi connectivity index (χ4n) is 2.45. The van der Waals surface area contributed by atoms with Gasteiger partial charge in [-0.05, 0) is 18.7 Å². The third-order valence-corrected chi connectivity index (χ3v) is 3.53. The van der Waals surface area contributed by atoms with Crippen LogP contribution in [0, 0.1) is 0 Å². The van der Waals surface area contributed by atoms with Crippen LogP contribution >= 0.6 is 0 Å². The Bertz CT molecular complexity index is 540. The largest absolute Gasteiger partial charge is 0.325 e. The van der Waals surface area contributed by atoms with Crippen LogP contribution in [0.2, 0.25) is 0 Å². The van der Waals surface area contributed by atoms with Crippen LogP contribution in [0.5, 0.6) is 0 Å². The number of aromatic nitrogens is 2. The second-order valence-electron chi connectivity index (χ2n) is 4.57. The van der Waals surface area contributed by atoms with Gasteiger partial charge >= 0.3 is 5.69 Å². The summed E-state index contributed by atoms with van der Waals surface area (Å²) >= 11 is 0. The zero-order chi connectivity index (χ0) is 13.7. The third kappa shape index (κ3) is 3.15. The van der Waals surface area contributed by atoms with E-state index in [9.17, 15) is 4.79 Å². The number of H-pyrrole nitrogens is 1. The SMILES string of the molecule is CCN(CC)C(Cn1cc[nH]c1=O)c1ccccc1. The monoisotopic (exact) mass is 259 g/mol. The van der Waals surface area contributed by atoms with E-state index in [0.29, 0.717) is 6.54 Å². The van der Waals surface area contributed by atoms with E-state index in [1.807, 2.05) is 24.4 Å². The Balaban J connectivity index is 2.29. The molecule has 2 rings (SSSR count). The van der Waals surface area contributed by atoms with E-state index < -0.39 is 0 Å². The van der Waals surface area contributed by atoms with E-state index in [2.05, 4.69) is 35.9 Å². The molecule has 1 unspecified atom stereocenters. The van der Waals surface area contributed by atoms with Crippen molar-refractivity contribution in [1.82, 2.24) is 14.5 Å². The first-order chi connectivity index (χ1) is 9.26. The van der Waals surface area contributed by atoms with Crippen LogP contribution in [0.15, 0.2) is 47.5 Å². The normalized spacial score (nSPS) is 12.8. The van der Waals surface area contributed by atoms with Gasteiger partial charge in [0.1, 0.15) is 0 Å². The number of hydrogen-bond donors (Lipinski definition) is 1. The maximum Gasteiger partial charge on any atom is 0.325 e. The summed E-state index contributed by atoms with van der Waals surface area (Å²) in [6.45, 7) is 6.91. The minimum absolute atomic E-state index is 0.0481. The van der Waals surface area contributed by atoms with E-state index in [1.165, 1.54) is 5.56 Å². The molecule has 0 amide bonds. The summed E-state index contributed by atoms with van der Waals surface area (Å²) in [6, 6.07) is 10.6. The zero-order valence-corrected chi connectivity index (χ0v) is 11.5. The van der Waals surface area contributed by atoms with Gasteiger partial charge in [-0.3, -0.25) is 9.47 Å². The van der Waals surface area contributed by atoms with E-state index in [-0.39, 0.29) is 11.7 Å². The third-order valence-electron chi connectivity index (χ3n) is 3.53. The van der Waals surface area contributed by atoms with Crippen LogP contribution in [-0.4, -0.2) is 27.5 Å². The predicted octanol–water partition coefficient (Wildman–Crippen LogP) is 2.26. The van der Waals surface area contributed by atoms with Crippen LogP contribution in [0.25, 0.3) is 0 Å². The lowest BCUT2D eigenvalue weighted by molar-refractivity contribution is 0.197. The fraction of sp³-hybridized carbons (Fsp3) is 0.400. The molecule has 0 radical (unpaired) electrons. The lowest BCUT2D eigenvalue weighted by Crippen LogP contribution is -2.33. The molecule has 0 fully saturated rings. The fourth-order valence-corrected chi connectivity index (χ4v) is 2.45. The molecule has 102 valence electrons. The molecule has 4 heteroatoms. The summed E-state index contributed by atoms with van der Waals surface area (Å²) in [6.07, 6.45) is 3.49. The summed E-state index contributed by atoms with van der Waals surface area (Å²) in [4.78, 5) is 16.7. The minimum atomic E-state index is -0.0481. The molecule has 2 aromatic rings. The van der Waals surface area contributed by atoms with Crippen LogP contribution < -0.4 is 5.69 Å². The van der Waals surface area contributed by atoms with Crippen molar-refractivity contribution in [3.05, 3.63) is 58.8 Å². The maximum atomic E-state index is 11.7. The van der Waals surface area contributed by atoms with Gasteiger partial charge in [0.2, 0.25) is 0 Å². The average Bonchev–Trinajstić information content (AvgIpc) is 2.85. The van der Waals surface area contributed by atoms with Crippen molar-refractivity contribution in [3.8, 4) is 0 Å². The quantitative estimate of drug-likeness (QED) is 0.864. The number of nitrogens with one attached hydrogen (secondary N) is 1. The van der Waals surface area contributed by atoms with Gasteiger partial charge in [0, 0.05) is 18.9 Å². The Morgan fingerprint density at radius 1 is 1.21 bits per heavy atom. The molecule has 0 spiro atoms. The topological polar surface area (TPSA) is 41.0 Å².